The van der Waals surface area contributed by atoms with Crippen LogP contribution in [0.2, 0.25) is 0 Å². The van der Waals surface area contributed by atoms with E-state index >= 15 is 0 Å². The fourth-order valence-corrected chi connectivity index (χ4v) is 4.67. The van der Waals surface area contributed by atoms with E-state index in [4.69, 9.17) is 0 Å². The second kappa shape index (κ2) is 5.71. The van der Waals surface area contributed by atoms with Gasteiger partial charge in [0.15, 0.2) is 0 Å². The van der Waals surface area contributed by atoms with Gasteiger partial charge >= 0.3 is 0 Å². The van der Waals surface area contributed by atoms with Crippen LogP contribution in [0, 0.1) is 5.41 Å². The highest BCUT2D eigenvalue weighted by molar-refractivity contribution is 6.24. The number of nitrogens with zero attached hydrogens (tertiary/aromatic N) is 2. The van der Waals surface area contributed by atoms with Crippen molar-refractivity contribution in [1.29, 1.82) is 0 Å². The average Bonchev–Trinajstić information content (AvgIpc) is 2.81. The lowest BCUT2D eigenvalue weighted by Gasteiger charge is -2.56. The molecule has 4 amide bonds. The average molecular weight is 368 g/mol. The maximum Gasteiger partial charge on any atom is 0.262 e. The Morgan fingerprint density at radius 2 is 1.85 bits per heavy atom. The van der Waals surface area contributed by atoms with Crippen molar-refractivity contribution in [1.82, 2.24) is 20.4 Å². The van der Waals surface area contributed by atoms with E-state index in [-0.39, 0.29) is 18.7 Å². The fraction of sp³-hybridized carbons (Fsp3) is 0.474. The van der Waals surface area contributed by atoms with Gasteiger partial charge in [0.2, 0.25) is 11.8 Å². The molecule has 0 saturated carbocycles. The van der Waals surface area contributed by atoms with E-state index in [1.807, 2.05) is 6.07 Å². The van der Waals surface area contributed by atoms with Crippen molar-refractivity contribution in [3.05, 3.63) is 34.9 Å². The van der Waals surface area contributed by atoms with Crippen LogP contribution in [0.4, 0.5) is 0 Å². The second-order valence-electron chi connectivity index (χ2n) is 8.04. The minimum absolute atomic E-state index is 0.126. The first-order chi connectivity index (χ1) is 13.0. The number of hydrogen-bond donors (Lipinski definition) is 2. The number of amides is 4. The highest BCUT2D eigenvalue weighted by Crippen LogP contribution is 2.36. The van der Waals surface area contributed by atoms with E-state index < -0.39 is 23.8 Å². The summed E-state index contributed by atoms with van der Waals surface area (Å²) in [7, 11) is 0. The van der Waals surface area contributed by atoms with Crippen LogP contribution in [0.15, 0.2) is 18.2 Å². The number of piperidine rings is 1. The van der Waals surface area contributed by atoms with Crippen molar-refractivity contribution in [3.63, 3.8) is 0 Å². The quantitative estimate of drug-likeness (QED) is 0.698. The first-order valence-corrected chi connectivity index (χ1v) is 9.24. The minimum atomic E-state index is -0.920. The zero-order chi connectivity index (χ0) is 18.8. The highest BCUT2D eigenvalue weighted by Gasteiger charge is 2.49. The van der Waals surface area contributed by atoms with Gasteiger partial charge in [-0.1, -0.05) is 12.1 Å². The van der Waals surface area contributed by atoms with Crippen LogP contribution >= 0.6 is 0 Å². The largest absolute Gasteiger partial charge is 0.315 e. The molecule has 1 unspecified atom stereocenters. The summed E-state index contributed by atoms with van der Waals surface area (Å²) >= 11 is 0. The third-order valence-electron chi connectivity index (χ3n) is 6.07. The predicted molar refractivity (Wildman–Crippen MR) is 93.7 cm³/mol. The standard InChI is InChI=1S/C19H20N4O4/c24-14-5-4-13(16(25)21-14)23-17(26)12-3-1-2-11(15(12)18(23)27)6-22-9-19(10-22)7-20-8-19/h1-3,13,20H,4-10H2,(H,21,24,25). The molecule has 1 aromatic rings. The first-order valence-electron chi connectivity index (χ1n) is 9.24. The second-order valence-corrected chi connectivity index (χ2v) is 8.04. The molecule has 1 atom stereocenters. The van der Waals surface area contributed by atoms with Crippen LogP contribution in [0.5, 0.6) is 0 Å². The molecule has 0 radical (unpaired) electrons. The minimum Gasteiger partial charge on any atom is -0.315 e. The summed E-state index contributed by atoms with van der Waals surface area (Å²) < 4.78 is 0. The Hall–Kier alpha value is -2.58. The van der Waals surface area contributed by atoms with Crippen LogP contribution in [-0.2, 0) is 16.1 Å². The van der Waals surface area contributed by atoms with Crippen LogP contribution in [0.3, 0.4) is 0 Å². The van der Waals surface area contributed by atoms with Gasteiger partial charge in [-0.15, -0.1) is 0 Å². The number of nitrogens with one attached hydrogen (secondary N) is 2. The molecule has 0 aliphatic carbocycles. The summed E-state index contributed by atoms with van der Waals surface area (Å²) in [6, 6.07) is 4.38. The Kier molecular flexibility index (Phi) is 3.50. The smallest absolute Gasteiger partial charge is 0.262 e. The summed E-state index contributed by atoms with van der Waals surface area (Å²) in [6.45, 7) is 4.67. The fourth-order valence-electron chi connectivity index (χ4n) is 4.67. The lowest BCUT2D eigenvalue weighted by Crippen LogP contribution is -2.70. The highest BCUT2D eigenvalue weighted by atomic mass is 16.2. The van der Waals surface area contributed by atoms with Gasteiger partial charge in [0.25, 0.3) is 11.8 Å². The molecule has 140 valence electrons. The molecule has 3 fully saturated rings. The Morgan fingerprint density at radius 1 is 1.07 bits per heavy atom. The molecule has 5 rings (SSSR count). The van der Waals surface area contributed by atoms with Crippen molar-refractivity contribution >= 4 is 23.6 Å². The number of benzene rings is 1. The van der Waals surface area contributed by atoms with Gasteiger partial charge in [-0.25, -0.2) is 0 Å². The molecule has 27 heavy (non-hydrogen) atoms. The number of rotatable bonds is 3. The number of carbonyl (C=O) groups is 4. The topological polar surface area (TPSA) is 98.8 Å². The molecule has 8 nitrogen and oxygen atoms in total. The van der Waals surface area contributed by atoms with Gasteiger partial charge in [0, 0.05) is 44.6 Å². The SMILES string of the molecule is O=C1CCC(N2C(=O)c3cccc(CN4CC5(CNC5)C4)c3C2=O)C(=O)N1. The Balaban J connectivity index is 1.39. The molecule has 3 saturated heterocycles. The number of imide groups is 2. The van der Waals surface area contributed by atoms with Crippen LogP contribution in [0.1, 0.15) is 39.1 Å². The molecule has 4 aliphatic heterocycles. The first kappa shape index (κ1) is 16.6. The summed E-state index contributed by atoms with van der Waals surface area (Å²) in [6.07, 6.45) is 0.299. The number of hydrogen-bond acceptors (Lipinski definition) is 6. The van der Waals surface area contributed by atoms with Crippen LogP contribution in [-0.4, -0.2) is 65.6 Å². The molecule has 0 bridgehead atoms. The van der Waals surface area contributed by atoms with Gasteiger partial charge in [0.05, 0.1) is 11.1 Å². The van der Waals surface area contributed by atoms with Crippen LogP contribution < -0.4 is 10.6 Å². The van der Waals surface area contributed by atoms with Gasteiger partial charge < -0.3 is 5.32 Å². The maximum atomic E-state index is 13.0. The lowest BCUT2D eigenvalue weighted by atomic mass is 9.74. The molecule has 4 aliphatic rings. The van der Waals surface area contributed by atoms with Crippen molar-refractivity contribution < 1.29 is 19.2 Å². The van der Waals surface area contributed by atoms with Crippen molar-refractivity contribution in [2.75, 3.05) is 26.2 Å². The molecule has 0 aromatic heterocycles. The lowest BCUT2D eigenvalue weighted by molar-refractivity contribution is -0.136. The van der Waals surface area contributed by atoms with E-state index in [2.05, 4.69) is 15.5 Å². The van der Waals surface area contributed by atoms with Gasteiger partial charge in [0.1, 0.15) is 6.04 Å². The third-order valence-corrected chi connectivity index (χ3v) is 6.07. The Bertz CT molecular complexity index is 884. The molecular formula is C19H20N4O4. The van der Waals surface area contributed by atoms with Crippen LogP contribution in [0.25, 0.3) is 0 Å². The van der Waals surface area contributed by atoms with E-state index in [9.17, 15) is 19.2 Å². The predicted octanol–water partition coefficient (Wildman–Crippen LogP) is -0.507. The molecule has 8 heteroatoms. The summed E-state index contributed by atoms with van der Waals surface area (Å²) in [5.41, 5.74) is 1.96. The van der Waals surface area contributed by atoms with Gasteiger partial charge in [-0.3, -0.25) is 34.3 Å². The molecule has 1 spiro atoms. The molecular weight excluding hydrogens is 348 g/mol. The Morgan fingerprint density at radius 3 is 2.52 bits per heavy atom. The normalized spacial score (nSPS) is 26.7. The Labute approximate surface area is 155 Å². The van der Waals surface area contributed by atoms with Gasteiger partial charge in [-0.2, -0.15) is 0 Å². The van der Waals surface area contributed by atoms with Crippen molar-refractivity contribution in [2.24, 2.45) is 5.41 Å². The number of fused-ring (bicyclic) bond motifs is 1. The van der Waals surface area contributed by atoms with Crippen molar-refractivity contribution in [2.45, 2.75) is 25.4 Å². The van der Waals surface area contributed by atoms with Gasteiger partial charge in [-0.05, 0) is 18.1 Å². The summed E-state index contributed by atoms with van der Waals surface area (Å²) in [5, 5.41) is 5.52. The van der Waals surface area contributed by atoms with E-state index in [1.165, 1.54) is 0 Å². The zero-order valence-corrected chi connectivity index (χ0v) is 14.8. The van der Waals surface area contributed by atoms with E-state index in [0.29, 0.717) is 23.1 Å². The molecule has 4 heterocycles. The summed E-state index contributed by atoms with van der Waals surface area (Å²) in [5.74, 6) is -1.83. The van der Waals surface area contributed by atoms with E-state index in [1.54, 1.807) is 12.1 Å². The van der Waals surface area contributed by atoms with Crippen molar-refractivity contribution in [3.8, 4) is 0 Å². The monoisotopic (exact) mass is 368 g/mol. The van der Waals surface area contributed by atoms with E-state index in [0.717, 1.165) is 36.6 Å². The molecule has 2 N–H and O–H groups in total. The maximum absolute atomic E-state index is 13.0. The third kappa shape index (κ3) is 2.44. The molecule has 1 aromatic carbocycles. The number of carbonyl (C=O) groups excluding carboxylic acids is 4. The zero-order valence-electron chi connectivity index (χ0n) is 14.8. The number of likely N-dealkylation sites (tertiary alicyclic amines) is 1. The summed E-state index contributed by atoms with van der Waals surface area (Å²) in [4.78, 5) is 52.7.